The number of pyridine rings is 1. The number of rotatable bonds is 2. The molecule has 3 aliphatic heterocycles. The molecule has 1 unspecified atom stereocenters. The zero-order valence-electron chi connectivity index (χ0n) is 11.4. The average molecular weight is 285 g/mol. The Labute approximate surface area is 121 Å². The number of ether oxygens (including phenoxy) is 1. The lowest BCUT2D eigenvalue weighted by molar-refractivity contribution is -0.143. The molecule has 1 N–H and O–H groups in total. The standard InChI is InChI=1S/C15H15N3O3/c1-9-11-5-15(6-11,13(19)17-9)18-8-12(21-14(18)20)10-3-2-4-16-7-10/h2-4,7,11-12H,1,5-6,8H2,(H,17,19). The number of nitrogens with one attached hydrogen (secondary N) is 1. The zero-order chi connectivity index (χ0) is 14.6. The summed E-state index contributed by atoms with van der Waals surface area (Å²) in [5.41, 5.74) is 0.861. The first-order chi connectivity index (χ1) is 10.1. The molecule has 0 spiro atoms. The second kappa shape index (κ2) is 4.07. The molecular weight excluding hydrogens is 270 g/mol. The van der Waals surface area contributed by atoms with Gasteiger partial charge in [-0.3, -0.25) is 14.7 Å². The number of amides is 2. The van der Waals surface area contributed by atoms with Gasteiger partial charge < -0.3 is 10.1 Å². The molecule has 6 nitrogen and oxygen atoms in total. The van der Waals surface area contributed by atoms with E-state index in [2.05, 4.69) is 16.9 Å². The highest BCUT2D eigenvalue weighted by molar-refractivity contribution is 5.94. The molecule has 0 aromatic carbocycles. The van der Waals surface area contributed by atoms with Crippen LogP contribution in [0.25, 0.3) is 0 Å². The SMILES string of the molecule is C=C1NC(=O)C2(N3CC(c4cccnc4)OC3=O)CC1C2. The number of allylic oxidation sites excluding steroid dienone is 1. The van der Waals surface area contributed by atoms with Crippen molar-refractivity contribution in [2.24, 2.45) is 5.92 Å². The second-order valence-corrected chi connectivity index (χ2v) is 5.89. The van der Waals surface area contributed by atoms with Crippen LogP contribution in [0.1, 0.15) is 24.5 Å². The van der Waals surface area contributed by atoms with Gasteiger partial charge in [0.2, 0.25) is 5.91 Å². The molecule has 4 aliphatic rings. The lowest BCUT2D eigenvalue weighted by Gasteiger charge is -2.54. The lowest BCUT2D eigenvalue weighted by atomic mass is 9.62. The first-order valence-electron chi connectivity index (χ1n) is 6.98. The maximum Gasteiger partial charge on any atom is 0.411 e. The van der Waals surface area contributed by atoms with Gasteiger partial charge in [-0.05, 0) is 18.9 Å². The predicted octanol–water partition coefficient (Wildman–Crippen LogP) is 1.37. The molecule has 21 heavy (non-hydrogen) atoms. The molecule has 1 saturated carbocycles. The Morgan fingerprint density at radius 3 is 2.90 bits per heavy atom. The van der Waals surface area contributed by atoms with E-state index in [1.54, 1.807) is 23.4 Å². The quantitative estimate of drug-likeness (QED) is 0.890. The molecular formula is C15H15N3O3. The summed E-state index contributed by atoms with van der Waals surface area (Å²) in [6, 6.07) is 3.68. The van der Waals surface area contributed by atoms with E-state index >= 15 is 0 Å². The summed E-state index contributed by atoms with van der Waals surface area (Å²) < 4.78 is 5.42. The highest BCUT2D eigenvalue weighted by Gasteiger charge is 2.62. The van der Waals surface area contributed by atoms with Crippen LogP contribution in [0.4, 0.5) is 4.79 Å². The number of hydrogen-bond acceptors (Lipinski definition) is 4. The van der Waals surface area contributed by atoms with Crippen LogP contribution >= 0.6 is 0 Å². The van der Waals surface area contributed by atoms with E-state index in [1.165, 1.54) is 0 Å². The van der Waals surface area contributed by atoms with E-state index in [0.717, 1.165) is 11.3 Å². The lowest BCUT2D eigenvalue weighted by Crippen LogP contribution is -2.70. The monoisotopic (exact) mass is 285 g/mol. The summed E-state index contributed by atoms with van der Waals surface area (Å²) in [4.78, 5) is 30.1. The number of piperidine rings is 2. The summed E-state index contributed by atoms with van der Waals surface area (Å²) in [7, 11) is 0. The molecule has 1 aromatic heterocycles. The van der Waals surface area contributed by atoms with Crippen molar-refractivity contribution >= 4 is 12.0 Å². The Hall–Kier alpha value is -2.37. The summed E-state index contributed by atoms with van der Waals surface area (Å²) in [5, 5.41) is 2.78. The van der Waals surface area contributed by atoms with Gasteiger partial charge in [-0.15, -0.1) is 0 Å². The van der Waals surface area contributed by atoms with Crippen molar-refractivity contribution in [3.63, 3.8) is 0 Å². The van der Waals surface area contributed by atoms with Crippen LogP contribution in [-0.2, 0) is 9.53 Å². The molecule has 4 heterocycles. The van der Waals surface area contributed by atoms with Crippen LogP contribution in [0.2, 0.25) is 0 Å². The summed E-state index contributed by atoms with van der Waals surface area (Å²) in [5.74, 6) is 0.131. The number of carbonyl (C=O) groups excluding carboxylic acids is 2. The van der Waals surface area contributed by atoms with Gasteiger partial charge in [0.05, 0.1) is 6.54 Å². The molecule has 1 aromatic rings. The molecule has 108 valence electrons. The van der Waals surface area contributed by atoms with Gasteiger partial charge in [0.25, 0.3) is 0 Å². The van der Waals surface area contributed by atoms with Crippen LogP contribution in [0.15, 0.2) is 36.8 Å². The van der Waals surface area contributed by atoms with Crippen molar-refractivity contribution in [2.45, 2.75) is 24.5 Å². The van der Waals surface area contributed by atoms with Crippen molar-refractivity contribution in [1.29, 1.82) is 0 Å². The molecule has 1 aliphatic carbocycles. The predicted molar refractivity (Wildman–Crippen MR) is 72.9 cm³/mol. The van der Waals surface area contributed by atoms with E-state index in [1.807, 2.05) is 6.07 Å². The van der Waals surface area contributed by atoms with Crippen molar-refractivity contribution in [1.82, 2.24) is 15.2 Å². The fraction of sp³-hybridized carbons (Fsp3) is 0.400. The van der Waals surface area contributed by atoms with Gasteiger partial charge in [-0.25, -0.2) is 4.79 Å². The van der Waals surface area contributed by atoms with E-state index in [-0.39, 0.29) is 17.9 Å². The molecule has 2 amide bonds. The third kappa shape index (κ3) is 1.62. The third-order valence-electron chi connectivity index (χ3n) is 4.74. The molecule has 2 bridgehead atoms. The van der Waals surface area contributed by atoms with E-state index < -0.39 is 11.6 Å². The van der Waals surface area contributed by atoms with Gasteiger partial charge in [-0.1, -0.05) is 12.6 Å². The normalized spacial score (nSPS) is 34.3. The van der Waals surface area contributed by atoms with Gasteiger partial charge in [0.1, 0.15) is 11.6 Å². The zero-order valence-corrected chi connectivity index (χ0v) is 11.4. The van der Waals surface area contributed by atoms with Crippen LogP contribution in [0.5, 0.6) is 0 Å². The van der Waals surface area contributed by atoms with Crippen molar-refractivity contribution in [3.8, 4) is 0 Å². The molecule has 0 radical (unpaired) electrons. The van der Waals surface area contributed by atoms with Gasteiger partial charge in [0.15, 0.2) is 0 Å². The van der Waals surface area contributed by atoms with E-state index in [9.17, 15) is 9.59 Å². The topological polar surface area (TPSA) is 71.5 Å². The van der Waals surface area contributed by atoms with E-state index in [4.69, 9.17) is 4.74 Å². The number of hydrogen-bond donors (Lipinski definition) is 1. The van der Waals surface area contributed by atoms with Gasteiger partial charge in [-0.2, -0.15) is 0 Å². The van der Waals surface area contributed by atoms with Gasteiger partial charge >= 0.3 is 6.09 Å². The number of carbonyl (C=O) groups is 2. The number of nitrogens with zero attached hydrogens (tertiary/aromatic N) is 2. The Morgan fingerprint density at radius 1 is 1.43 bits per heavy atom. The molecule has 3 saturated heterocycles. The van der Waals surface area contributed by atoms with E-state index in [0.29, 0.717) is 19.4 Å². The van der Waals surface area contributed by atoms with Crippen molar-refractivity contribution in [2.75, 3.05) is 6.54 Å². The first-order valence-corrected chi connectivity index (χ1v) is 6.98. The second-order valence-electron chi connectivity index (χ2n) is 5.89. The largest absolute Gasteiger partial charge is 0.439 e. The Kier molecular flexibility index (Phi) is 2.40. The van der Waals surface area contributed by atoms with Crippen molar-refractivity contribution in [3.05, 3.63) is 42.4 Å². The summed E-state index contributed by atoms with van der Waals surface area (Å²) in [6.07, 6.45) is 3.86. The molecule has 1 atom stereocenters. The number of cyclic esters (lactones) is 1. The highest BCUT2D eigenvalue weighted by Crippen LogP contribution is 2.51. The van der Waals surface area contributed by atoms with Crippen LogP contribution < -0.4 is 5.32 Å². The minimum absolute atomic E-state index is 0.140. The molecule has 4 fully saturated rings. The Balaban J connectivity index is 1.59. The van der Waals surface area contributed by atoms with Crippen molar-refractivity contribution < 1.29 is 14.3 Å². The first kappa shape index (κ1) is 12.4. The summed E-state index contributed by atoms with van der Waals surface area (Å²) in [6.45, 7) is 4.23. The minimum atomic E-state index is -0.750. The van der Waals surface area contributed by atoms with Crippen LogP contribution in [-0.4, -0.2) is 34.0 Å². The Bertz CT molecular complexity index is 637. The Morgan fingerprint density at radius 2 is 2.24 bits per heavy atom. The fourth-order valence-corrected chi connectivity index (χ4v) is 3.45. The highest BCUT2D eigenvalue weighted by atomic mass is 16.6. The summed E-state index contributed by atoms with van der Waals surface area (Å²) >= 11 is 0. The fourth-order valence-electron chi connectivity index (χ4n) is 3.45. The maximum absolute atomic E-state index is 12.3. The number of aromatic nitrogens is 1. The third-order valence-corrected chi connectivity index (χ3v) is 4.74. The van der Waals surface area contributed by atoms with Gasteiger partial charge in [0, 0.05) is 29.6 Å². The van der Waals surface area contributed by atoms with Crippen LogP contribution in [0, 0.1) is 5.92 Å². The average Bonchev–Trinajstić information content (AvgIpc) is 2.81. The molecule has 6 heteroatoms. The molecule has 5 rings (SSSR count). The smallest absolute Gasteiger partial charge is 0.411 e. The minimum Gasteiger partial charge on any atom is -0.439 e. The van der Waals surface area contributed by atoms with Crippen LogP contribution in [0.3, 0.4) is 0 Å². The number of fused-ring (bicyclic) bond motifs is 2. The maximum atomic E-state index is 12.3.